The number of allylic oxidation sites excluding steroid dienone is 1. The Morgan fingerprint density at radius 2 is 2.00 bits per heavy atom. The van der Waals surface area contributed by atoms with E-state index in [4.69, 9.17) is 9.16 Å². The Hall–Kier alpha value is -0.613. The van der Waals surface area contributed by atoms with E-state index in [9.17, 15) is 4.79 Å². The lowest BCUT2D eigenvalue weighted by Gasteiger charge is -2.43. The van der Waals surface area contributed by atoms with Crippen molar-refractivity contribution in [3.05, 3.63) is 12.2 Å². The second-order valence-electron chi connectivity index (χ2n) is 7.20. The minimum Gasteiger partial charge on any atom is -0.458 e. The van der Waals surface area contributed by atoms with E-state index in [1.54, 1.807) is 0 Å². The zero-order valence-corrected chi connectivity index (χ0v) is 15.0. The summed E-state index contributed by atoms with van der Waals surface area (Å²) < 4.78 is 11.7. The molecule has 4 heteroatoms. The summed E-state index contributed by atoms with van der Waals surface area (Å²) in [6.07, 6.45) is 4.89. The average molecular weight is 298 g/mol. The smallest absolute Gasteiger partial charge is 0.303 e. The molecule has 1 aliphatic rings. The summed E-state index contributed by atoms with van der Waals surface area (Å²) in [7, 11) is -1.80. The van der Waals surface area contributed by atoms with Gasteiger partial charge in [0.15, 0.2) is 8.32 Å². The van der Waals surface area contributed by atoms with Crippen molar-refractivity contribution in [2.45, 2.75) is 65.3 Å². The summed E-state index contributed by atoms with van der Waals surface area (Å²) in [4.78, 5) is 11.1. The van der Waals surface area contributed by atoms with E-state index < -0.39 is 8.32 Å². The van der Waals surface area contributed by atoms with Crippen LogP contribution in [0.2, 0.25) is 18.1 Å². The number of rotatable bonds is 6. The maximum atomic E-state index is 11.1. The predicted molar refractivity (Wildman–Crippen MR) is 85.1 cm³/mol. The van der Waals surface area contributed by atoms with Gasteiger partial charge in [-0.15, -0.1) is 0 Å². The predicted octanol–water partition coefficient (Wildman–Crippen LogP) is 4.15. The van der Waals surface area contributed by atoms with Gasteiger partial charge in [0.2, 0.25) is 0 Å². The zero-order chi connectivity index (χ0) is 15.6. The van der Waals surface area contributed by atoms with Crippen LogP contribution in [0.1, 0.15) is 41.0 Å². The molecule has 0 aromatic heterocycles. The fourth-order valence-corrected chi connectivity index (χ4v) is 4.76. The van der Waals surface area contributed by atoms with E-state index in [1.165, 1.54) is 6.92 Å². The van der Waals surface area contributed by atoms with Gasteiger partial charge >= 0.3 is 5.97 Å². The summed E-state index contributed by atoms with van der Waals surface area (Å²) >= 11 is 0. The molecule has 0 unspecified atom stereocenters. The molecule has 0 fully saturated rings. The monoisotopic (exact) mass is 298 g/mol. The van der Waals surface area contributed by atoms with Gasteiger partial charge in [-0.05, 0) is 36.5 Å². The minimum absolute atomic E-state index is 0.112. The first-order chi connectivity index (χ1) is 9.08. The molecule has 0 aromatic carbocycles. The third-order valence-corrected chi connectivity index (χ3v) is 9.75. The van der Waals surface area contributed by atoms with Gasteiger partial charge in [-0.25, -0.2) is 0 Å². The molecule has 0 heterocycles. The molecule has 116 valence electrons. The Bertz CT molecular complexity index is 372. The van der Waals surface area contributed by atoms with Gasteiger partial charge in [-0.1, -0.05) is 33.8 Å². The summed E-state index contributed by atoms with van der Waals surface area (Å²) in [5.41, 5.74) is 0. The number of hydrogen-bond donors (Lipinski definition) is 0. The molecule has 1 rings (SSSR count). The summed E-state index contributed by atoms with van der Waals surface area (Å²) in [5.74, 6) is 0.648. The van der Waals surface area contributed by atoms with E-state index in [0.29, 0.717) is 12.5 Å². The molecular formula is C16H30O3Si. The average Bonchev–Trinajstić information content (AvgIpc) is 2.72. The van der Waals surface area contributed by atoms with Crippen LogP contribution in [0.4, 0.5) is 0 Å². The van der Waals surface area contributed by atoms with Crippen molar-refractivity contribution in [1.82, 2.24) is 0 Å². The van der Waals surface area contributed by atoms with Crippen molar-refractivity contribution < 1.29 is 14.0 Å². The Labute approximate surface area is 124 Å². The zero-order valence-electron chi connectivity index (χ0n) is 14.0. The molecule has 3 nitrogen and oxygen atoms in total. The van der Waals surface area contributed by atoms with Crippen LogP contribution in [0.5, 0.6) is 0 Å². The topological polar surface area (TPSA) is 35.5 Å². The van der Waals surface area contributed by atoms with E-state index in [2.05, 4.69) is 46.9 Å². The molecular weight excluding hydrogens is 268 g/mol. The molecule has 0 N–H and O–H groups in total. The second-order valence-corrected chi connectivity index (χ2v) is 11.8. The molecule has 0 saturated heterocycles. The highest BCUT2D eigenvalue weighted by atomic mass is 28.4. The fourth-order valence-electron chi connectivity index (χ4n) is 2.37. The Morgan fingerprint density at radius 3 is 2.50 bits per heavy atom. The van der Waals surface area contributed by atoms with E-state index in [-0.39, 0.29) is 23.0 Å². The number of esters is 1. The van der Waals surface area contributed by atoms with Crippen molar-refractivity contribution in [1.29, 1.82) is 0 Å². The van der Waals surface area contributed by atoms with Crippen LogP contribution < -0.4 is 0 Å². The highest BCUT2D eigenvalue weighted by molar-refractivity contribution is 6.74. The third kappa shape index (κ3) is 3.95. The Balaban J connectivity index is 2.60. The number of carbonyl (C=O) groups excluding carboxylic acids is 1. The largest absolute Gasteiger partial charge is 0.458 e. The van der Waals surface area contributed by atoms with Crippen molar-refractivity contribution >= 4 is 14.3 Å². The molecule has 20 heavy (non-hydrogen) atoms. The highest BCUT2D eigenvalue weighted by Gasteiger charge is 2.44. The maximum absolute atomic E-state index is 11.1. The molecule has 0 amide bonds. The lowest BCUT2D eigenvalue weighted by molar-refractivity contribution is -0.146. The van der Waals surface area contributed by atoms with Gasteiger partial charge in [0.05, 0.1) is 0 Å². The molecule has 2 atom stereocenters. The fraction of sp³-hybridized carbons (Fsp3) is 0.812. The van der Waals surface area contributed by atoms with Gasteiger partial charge in [0.25, 0.3) is 0 Å². The van der Waals surface area contributed by atoms with Crippen molar-refractivity contribution in [2.75, 3.05) is 6.61 Å². The van der Waals surface area contributed by atoms with Crippen LogP contribution in [-0.2, 0) is 14.0 Å². The minimum atomic E-state index is -1.80. The number of ether oxygens (including phenoxy) is 1. The van der Waals surface area contributed by atoms with Crippen molar-refractivity contribution in [3.63, 3.8) is 0 Å². The normalized spacial score (nSPS) is 23.4. The summed E-state index contributed by atoms with van der Waals surface area (Å²) in [6.45, 7) is 15.9. The van der Waals surface area contributed by atoms with Gasteiger partial charge < -0.3 is 9.16 Å². The molecule has 0 bridgehead atoms. The molecule has 0 aliphatic heterocycles. The highest BCUT2D eigenvalue weighted by Crippen LogP contribution is 2.45. The number of carbonyl (C=O) groups is 1. The van der Waals surface area contributed by atoms with Crippen LogP contribution in [-0.4, -0.2) is 27.0 Å². The lowest BCUT2D eigenvalue weighted by atomic mass is 9.99. The molecule has 0 radical (unpaired) electrons. The van der Waals surface area contributed by atoms with E-state index >= 15 is 0 Å². The van der Waals surface area contributed by atoms with Gasteiger partial charge in [-0.3, -0.25) is 4.79 Å². The van der Waals surface area contributed by atoms with Crippen LogP contribution >= 0.6 is 0 Å². The van der Waals surface area contributed by atoms with Gasteiger partial charge in [0.1, 0.15) is 6.10 Å². The van der Waals surface area contributed by atoms with E-state index in [1.807, 2.05) is 6.08 Å². The van der Waals surface area contributed by atoms with Crippen molar-refractivity contribution in [2.24, 2.45) is 11.8 Å². The first-order valence-electron chi connectivity index (χ1n) is 7.55. The maximum Gasteiger partial charge on any atom is 0.303 e. The Kier molecular flexibility index (Phi) is 5.61. The van der Waals surface area contributed by atoms with Crippen molar-refractivity contribution in [3.8, 4) is 0 Å². The molecule has 0 saturated carbocycles. The Morgan fingerprint density at radius 1 is 1.40 bits per heavy atom. The number of hydrogen-bond acceptors (Lipinski definition) is 3. The lowest BCUT2D eigenvalue weighted by Crippen LogP contribution is -2.46. The summed E-state index contributed by atoms with van der Waals surface area (Å²) in [6, 6.07) is 0. The van der Waals surface area contributed by atoms with Gasteiger partial charge in [0, 0.05) is 19.4 Å². The SMILES string of the molecule is CC(=O)O[C@@H]1C=CC[C@@H]1CO[Si](C)(C)C(C)(C)C(C)C. The second kappa shape index (κ2) is 6.44. The third-order valence-electron chi connectivity index (χ3n) is 5.18. The first-order valence-corrected chi connectivity index (χ1v) is 10.5. The van der Waals surface area contributed by atoms with Crippen LogP contribution in [0.25, 0.3) is 0 Å². The van der Waals surface area contributed by atoms with Gasteiger partial charge in [-0.2, -0.15) is 0 Å². The van der Waals surface area contributed by atoms with E-state index in [0.717, 1.165) is 6.42 Å². The molecule has 1 aliphatic carbocycles. The van der Waals surface area contributed by atoms with Crippen LogP contribution in [0.15, 0.2) is 12.2 Å². The summed E-state index contributed by atoms with van der Waals surface area (Å²) in [5, 5.41) is 0.218. The quantitative estimate of drug-likeness (QED) is 0.420. The van der Waals surface area contributed by atoms with Crippen LogP contribution in [0.3, 0.4) is 0 Å². The van der Waals surface area contributed by atoms with Crippen LogP contribution in [0, 0.1) is 11.8 Å². The molecule has 0 aromatic rings. The molecule has 0 spiro atoms. The standard InChI is InChI=1S/C16H30O3Si/c1-12(2)16(4,5)20(6,7)18-11-14-9-8-10-15(14)19-13(3)17/h8,10,12,14-15H,9,11H2,1-7H3/t14-,15-/m1/s1. The first kappa shape index (κ1) is 17.4.